The van der Waals surface area contributed by atoms with Crippen LogP contribution in [0.25, 0.3) is 10.4 Å². The van der Waals surface area contributed by atoms with E-state index < -0.39 is 11.9 Å². The van der Waals surface area contributed by atoms with E-state index in [1.165, 1.54) is 48.6 Å². The number of amides is 1. The third kappa shape index (κ3) is 5.30. The van der Waals surface area contributed by atoms with Crippen LogP contribution in [0.3, 0.4) is 0 Å². The number of rotatable bonds is 5. The molecular formula is C20H14Cl2LiNO4S. The molecule has 3 aromatic rings. The zero-order valence-electron chi connectivity index (χ0n) is 14.5. The molecule has 29 heavy (non-hydrogen) atoms. The summed E-state index contributed by atoms with van der Waals surface area (Å²) in [6.45, 7) is 1.47. The number of carbonyl (C=O) groups excluding carboxylic acids is 2. The van der Waals surface area contributed by atoms with E-state index in [2.05, 4.69) is 5.32 Å². The van der Waals surface area contributed by atoms with Crippen molar-refractivity contribution in [3.05, 3.63) is 74.6 Å². The van der Waals surface area contributed by atoms with Gasteiger partial charge in [-0.3, -0.25) is 9.59 Å². The first-order valence-corrected chi connectivity index (χ1v) is 9.58. The molecule has 0 bridgehead atoms. The maximum atomic E-state index is 12.5. The van der Waals surface area contributed by atoms with E-state index in [4.69, 9.17) is 23.2 Å². The Labute approximate surface area is 192 Å². The van der Waals surface area contributed by atoms with Crippen LogP contribution in [0, 0.1) is 0 Å². The molecule has 0 unspecified atom stereocenters. The van der Waals surface area contributed by atoms with E-state index in [1.54, 1.807) is 18.2 Å². The van der Waals surface area contributed by atoms with Crippen LogP contribution in [0.5, 0.6) is 0 Å². The van der Waals surface area contributed by atoms with Crippen molar-refractivity contribution in [1.82, 2.24) is 0 Å². The molecule has 2 N–H and O–H groups in total. The number of nitrogens with one attached hydrogen (secondary N) is 1. The Morgan fingerprint density at radius 3 is 2.28 bits per heavy atom. The van der Waals surface area contributed by atoms with Crippen LogP contribution in [0.4, 0.5) is 5.69 Å². The van der Waals surface area contributed by atoms with E-state index in [0.29, 0.717) is 15.5 Å². The van der Waals surface area contributed by atoms with Gasteiger partial charge in [-0.2, -0.15) is 0 Å². The Morgan fingerprint density at radius 1 is 0.966 bits per heavy atom. The van der Waals surface area contributed by atoms with Gasteiger partial charge in [0.1, 0.15) is 0 Å². The van der Waals surface area contributed by atoms with Crippen LogP contribution >= 0.6 is 34.5 Å². The van der Waals surface area contributed by atoms with Gasteiger partial charge in [0.2, 0.25) is 0 Å². The third-order valence-electron chi connectivity index (χ3n) is 3.91. The predicted molar refractivity (Wildman–Crippen MR) is 118 cm³/mol. The first kappa shape index (κ1) is 23.2. The molecule has 0 fully saturated rings. The van der Waals surface area contributed by atoms with E-state index in [0.717, 1.165) is 4.88 Å². The van der Waals surface area contributed by atoms with Gasteiger partial charge in [0.05, 0.1) is 26.7 Å². The van der Waals surface area contributed by atoms with Crippen molar-refractivity contribution in [3.8, 4) is 10.4 Å². The number of ketones is 1. The molecule has 0 atom stereocenters. The van der Waals surface area contributed by atoms with Crippen molar-refractivity contribution in [2.45, 2.75) is 6.92 Å². The number of aromatic carboxylic acids is 1. The molecule has 0 spiro atoms. The van der Waals surface area contributed by atoms with Crippen molar-refractivity contribution in [1.29, 1.82) is 0 Å². The summed E-state index contributed by atoms with van der Waals surface area (Å²) in [6, 6.07) is 12.5. The Bertz CT molecular complexity index is 1110. The number of anilines is 1. The monoisotopic (exact) mass is 441 g/mol. The molecule has 9 heteroatoms. The zero-order chi connectivity index (χ0) is 20.4. The standard InChI is InChI=1S/C20H13Cl2NO4S.Li.H/c1-10(24)17-6-7-18(28-17)11-2-5-16(14(8-11)20(26)27)23-19(25)13-4-3-12(21)9-15(13)22;;/h2-9H,1H3,(H,23,25)(H,26,27);;. The first-order valence-electron chi connectivity index (χ1n) is 8.01. The van der Waals surface area contributed by atoms with Gasteiger partial charge in [0, 0.05) is 9.90 Å². The number of Topliss-reactive ketones (excluding diaryl/α,β-unsaturated/α-hetero) is 1. The second-order valence-corrected chi connectivity index (χ2v) is 7.79. The van der Waals surface area contributed by atoms with E-state index in [-0.39, 0.29) is 46.5 Å². The maximum absolute atomic E-state index is 12.5. The fourth-order valence-electron chi connectivity index (χ4n) is 2.53. The van der Waals surface area contributed by atoms with Crippen molar-refractivity contribution < 1.29 is 19.5 Å². The van der Waals surface area contributed by atoms with Gasteiger partial charge in [-0.1, -0.05) is 29.3 Å². The fraction of sp³-hybridized carbons (Fsp3) is 0.0500. The number of benzene rings is 2. The van der Waals surface area contributed by atoms with Gasteiger partial charge in [-0.05, 0) is 55.0 Å². The van der Waals surface area contributed by atoms with Gasteiger partial charge < -0.3 is 10.4 Å². The molecular weight excluding hydrogens is 428 g/mol. The van der Waals surface area contributed by atoms with Crippen molar-refractivity contribution in [2.24, 2.45) is 0 Å². The number of halogens is 2. The number of thiophene rings is 1. The van der Waals surface area contributed by atoms with Gasteiger partial charge in [0.15, 0.2) is 5.78 Å². The van der Waals surface area contributed by atoms with Gasteiger partial charge in [-0.25, -0.2) is 4.79 Å². The SMILES string of the molecule is CC(=O)c1ccc(-c2ccc(NC(=O)c3ccc(Cl)cc3Cl)c(C(=O)O)c2)s1.[LiH]. The topological polar surface area (TPSA) is 83.5 Å². The summed E-state index contributed by atoms with van der Waals surface area (Å²) in [5.74, 6) is -1.80. The summed E-state index contributed by atoms with van der Waals surface area (Å²) in [5.41, 5.74) is 0.873. The average Bonchev–Trinajstić information content (AvgIpc) is 3.12. The Hall–Kier alpha value is -2.07. The Balaban J connectivity index is 0.00000300. The Morgan fingerprint density at radius 2 is 1.69 bits per heavy atom. The van der Waals surface area contributed by atoms with Gasteiger partial charge >= 0.3 is 24.8 Å². The number of carboxylic acid groups (broad SMARTS) is 1. The minimum atomic E-state index is -1.19. The second-order valence-electron chi connectivity index (χ2n) is 5.86. The van der Waals surface area contributed by atoms with Crippen molar-refractivity contribution in [3.63, 3.8) is 0 Å². The van der Waals surface area contributed by atoms with Crippen molar-refractivity contribution in [2.75, 3.05) is 5.32 Å². The molecule has 0 aliphatic heterocycles. The normalized spacial score (nSPS) is 10.2. The molecule has 0 radical (unpaired) electrons. The molecule has 2 aromatic carbocycles. The van der Waals surface area contributed by atoms with Crippen molar-refractivity contribution >= 4 is 76.7 Å². The van der Waals surface area contributed by atoms with E-state index in [1.807, 2.05) is 0 Å². The molecule has 1 amide bonds. The molecule has 5 nitrogen and oxygen atoms in total. The van der Waals surface area contributed by atoms with Crippen LogP contribution in [0.1, 0.15) is 37.3 Å². The Kier molecular flexibility index (Phi) is 7.70. The van der Waals surface area contributed by atoms with Crippen LogP contribution in [0.15, 0.2) is 48.5 Å². The molecule has 0 aliphatic carbocycles. The summed E-state index contributed by atoms with van der Waals surface area (Å²) in [7, 11) is 0. The molecule has 1 aromatic heterocycles. The van der Waals surface area contributed by atoms with E-state index >= 15 is 0 Å². The summed E-state index contributed by atoms with van der Waals surface area (Å²) >= 11 is 13.1. The summed E-state index contributed by atoms with van der Waals surface area (Å²) < 4.78 is 0. The number of carbonyl (C=O) groups is 3. The van der Waals surface area contributed by atoms with Crippen LogP contribution in [0.2, 0.25) is 10.0 Å². The van der Waals surface area contributed by atoms with Gasteiger partial charge in [-0.15, -0.1) is 11.3 Å². The van der Waals surface area contributed by atoms with Crippen LogP contribution < -0.4 is 5.32 Å². The van der Waals surface area contributed by atoms with E-state index in [9.17, 15) is 19.5 Å². The first-order chi connectivity index (χ1) is 13.3. The molecule has 0 saturated carbocycles. The summed E-state index contributed by atoms with van der Waals surface area (Å²) in [5, 5.41) is 12.7. The fourth-order valence-corrected chi connectivity index (χ4v) is 3.92. The second kappa shape index (κ2) is 9.62. The zero-order valence-corrected chi connectivity index (χ0v) is 16.8. The van der Waals surface area contributed by atoms with Crippen LogP contribution in [-0.4, -0.2) is 41.6 Å². The molecule has 3 rings (SSSR count). The number of hydrogen-bond acceptors (Lipinski definition) is 4. The predicted octanol–water partition coefficient (Wildman–Crippen LogP) is 5.23. The molecule has 0 aliphatic rings. The summed E-state index contributed by atoms with van der Waals surface area (Å²) in [6.07, 6.45) is 0. The minimum absolute atomic E-state index is 0. The number of hydrogen-bond donors (Lipinski definition) is 2. The third-order valence-corrected chi connectivity index (χ3v) is 5.69. The quantitative estimate of drug-likeness (QED) is 0.419. The molecule has 144 valence electrons. The van der Waals surface area contributed by atoms with Gasteiger partial charge in [0.25, 0.3) is 5.91 Å². The molecule has 1 heterocycles. The van der Waals surface area contributed by atoms with Crippen LogP contribution in [-0.2, 0) is 0 Å². The average molecular weight is 442 g/mol. The molecule has 0 saturated heterocycles. The summed E-state index contributed by atoms with van der Waals surface area (Å²) in [4.78, 5) is 37.0. The number of carboxylic acids is 1.